The van der Waals surface area contributed by atoms with Crippen molar-refractivity contribution in [1.29, 1.82) is 0 Å². The minimum atomic E-state index is -0.00748. The molecular formula is C18H22N4O2S. The van der Waals surface area contributed by atoms with Gasteiger partial charge in [0.05, 0.1) is 11.4 Å². The first-order valence-corrected chi connectivity index (χ1v) is 9.26. The fourth-order valence-corrected chi connectivity index (χ4v) is 3.84. The Hall–Kier alpha value is -2.28. The minimum absolute atomic E-state index is 0.00572. The lowest BCUT2D eigenvalue weighted by atomic mass is 10.1. The molecule has 1 fully saturated rings. The first-order chi connectivity index (χ1) is 12.0. The van der Waals surface area contributed by atoms with Crippen molar-refractivity contribution < 1.29 is 9.59 Å². The van der Waals surface area contributed by atoms with Crippen LogP contribution in [0.2, 0.25) is 0 Å². The van der Waals surface area contributed by atoms with Crippen LogP contribution >= 0.6 is 11.3 Å². The maximum absolute atomic E-state index is 12.8. The Bertz CT molecular complexity index is 765. The molecule has 0 bridgehead atoms. The van der Waals surface area contributed by atoms with E-state index in [9.17, 15) is 9.59 Å². The first kappa shape index (κ1) is 17.5. The molecule has 0 unspecified atom stereocenters. The number of thiazole rings is 1. The van der Waals surface area contributed by atoms with Crippen molar-refractivity contribution in [3.8, 4) is 10.7 Å². The summed E-state index contributed by atoms with van der Waals surface area (Å²) < 4.78 is 0. The van der Waals surface area contributed by atoms with Crippen molar-refractivity contribution >= 4 is 23.2 Å². The predicted octanol–water partition coefficient (Wildman–Crippen LogP) is 2.45. The zero-order chi connectivity index (χ0) is 18.0. The fourth-order valence-electron chi connectivity index (χ4n) is 2.83. The molecule has 0 aromatic carbocycles. The molecule has 0 atom stereocenters. The van der Waals surface area contributed by atoms with Crippen LogP contribution in [0.3, 0.4) is 0 Å². The summed E-state index contributed by atoms with van der Waals surface area (Å²) in [6, 6.07) is 5.66. The van der Waals surface area contributed by atoms with Gasteiger partial charge in [-0.25, -0.2) is 4.98 Å². The first-order valence-electron chi connectivity index (χ1n) is 8.44. The van der Waals surface area contributed by atoms with Gasteiger partial charge < -0.3 is 9.80 Å². The summed E-state index contributed by atoms with van der Waals surface area (Å²) in [6.07, 6.45) is 1.72. The average Bonchev–Trinajstić information content (AvgIpc) is 3.03. The highest BCUT2D eigenvalue weighted by Gasteiger charge is 2.28. The van der Waals surface area contributed by atoms with Gasteiger partial charge in [0, 0.05) is 38.3 Å². The van der Waals surface area contributed by atoms with E-state index in [-0.39, 0.29) is 17.7 Å². The topological polar surface area (TPSA) is 66.4 Å². The van der Waals surface area contributed by atoms with Gasteiger partial charge in [-0.1, -0.05) is 19.9 Å². The number of amides is 2. The van der Waals surface area contributed by atoms with Crippen LogP contribution in [0, 0.1) is 12.8 Å². The van der Waals surface area contributed by atoms with Crippen LogP contribution in [-0.4, -0.2) is 57.8 Å². The van der Waals surface area contributed by atoms with Crippen molar-refractivity contribution in [1.82, 2.24) is 19.8 Å². The predicted molar refractivity (Wildman–Crippen MR) is 97.4 cm³/mol. The van der Waals surface area contributed by atoms with Gasteiger partial charge in [0.2, 0.25) is 5.91 Å². The summed E-state index contributed by atoms with van der Waals surface area (Å²) in [4.78, 5) is 38.0. The fraction of sp³-hybridized carbons (Fsp3) is 0.444. The number of carbonyl (C=O) groups excluding carboxylic acids is 2. The number of hydrogen-bond acceptors (Lipinski definition) is 5. The Morgan fingerprint density at radius 1 is 1.12 bits per heavy atom. The molecule has 3 rings (SSSR count). The lowest BCUT2D eigenvalue weighted by Gasteiger charge is -2.35. The van der Waals surface area contributed by atoms with Gasteiger partial charge in [-0.3, -0.25) is 14.6 Å². The Labute approximate surface area is 151 Å². The molecular weight excluding hydrogens is 336 g/mol. The van der Waals surface area contributed by atoms with E-state index < -0.39 is 0 Å². The van der Waals surface area contributed by atoms with Crippen LogP contribution in [-0.2, 0) is 4.79 Å². The Kier molecular flexibility index (Phi) is 5.13. The molecule has 7 heteroatoms. The van der Waals surface area contributed by atoms with E-state index >= 15 is 0 Å². The Morgan fingerprint density at radius 3 is 2.40 bits per heavy atom. The highest BCUT2D eigenvalue weighted by atomic mass is 32.1. The van der Waals surface area contributed by atoms with Crippen LogP contribution in [0.4, 0.5) is 0 Å². The van der Waals surface area contributed by atoms with Crippen LogP contribution in [0.5, 0.6) is 0 Å². The van der Waals surface area contributed by atoms with Crippen LogP contribution in [0.25, 0.3) is 10.7 Å². The smallest absolute Gasteiger partial charge is 0.265 e. The van der Waals surface area contributed by atoms with E-state index in [0.717, 1.165) is 16.4 Å². The summed E-state index contributed by atoms with van der Waals surface area (Å²) >= 11 is 1.38. The number of aromatic nitrogens is 2. The van der Waals surface area contributed by atoms with Gasteiger partial charge in [-0.2, -0.15) is 0 Å². The van der Waals surface area contributed by atoms with Gasteiger partial charge in [0.15, 0.2) is 0 Å². The summed E-state index contributed by atoms with van der Waals surface area (Å²) in [5.41, 5.74) is 1.51. The molecule has 2 aromatic heterocycles. The van der Waals surface area contributed by atoms with Crippen LogP contribution < -0.4 is 0 Å². The summed E-state index contributed by atoms with van der Waals surface area (Å²) in [5.74, 6) is 0.138. The molecule has 6 nitrogen and oxygen atoms in total. The number of rotatable bonds is 3. The third-order valence-corrected chi connectivity index (χ3v) is 5.42. The maximum atomic E-state index is 12.8. The molecule has 25 heavy (non-hydrogen) atoms. The van der Waals surface area contributed by atoms with Crippen LogP contribution in [0.1, 0.15) is 29.2 Å². The normalized spacial score (nSPS) is 14.9. The highest BCUT2D eigenvalue weighted by Crippen LogP contribution is 2.27. The van der Waals surface area contributed by atoms with Gasteiger partial charge in [0.1, 0.15) is 9.88 Å². The monoisotopic (exact) mass is 358 g/mol. The minimum Gasteiger partial charge on any atom is -0.339 e. The van der Waals surface area contributed by atoms with E-state index in [1.807, 2.05) is 48.8 Å². The largest absolute Gasteiger partial charge is 0.339 e. The average molecular weight is 358 g/mol. The zero-order valence-electron chi connectivity index (χ0n) is 14.7. The molecule has 3 heterocycles. The van der Waals surface area contributed by atoms with Gasteiger partial charge in [0.25, 0.3) is 5.91 Å². The van der Waals surface area contributed by atoms with E-state index in [4.69, 9.17) is 0 Å². The summed E-state index contributed by atoms with van der Waals surface area (Å²) in [7, 11) is 0. The van der Waals surface area contributed by atoms with Crippen molar-refractivity contribution in [2.75, 3.05) is 26.2 Å². The molecule has 0 N–H and O–H groups in total. The van der Waals surface area contributed by atoms with Gasteiger partial charge >= 0.3 is 0 Å². The second-order valence-corrected chi connectivity index (χ2v) is 7.42. The Balaban J connectivity index is 1.70. The number of carbonyl (C=O) groups is 2. The van der Waals surface area contributed by atoms with Crippen molar-refractivity contribution in [3.63, 3.8) is 0 Å². The zero-order valence-corrected chi connectivity index (χ0v) is 15.5. The van der Waals surface area contributed by atoms with E-state index in [1.165, 1.54) is 11.3 Å². The number of aryl methyl sites for hydroxylation is 1. The van der Waals surface area contributed by atoms with Gasteiger partial charge in [-0.05, 0) is 19.1 Å². The van der Waals surface area contributed by atoms with Crippen molar-refractivity contribution in [3.05, 3.63) is 35.0 Å². The summed E-state index contributed by atoms with van der Waals surface area (Å²) in [6.45, 7) is 7.97. The molecule has 2 amide bonds. The van der Waals surface area contributed by atoms with Crippen molar-refractivity contribution in [2.24, 2.45) is 5.92 Å². The number of hydrogen-bond donors (Lipinski definition) is 0. The lowest BCUT2D eigenvalue weighted by Crippen LogP contribution is -2.51. The molecule has 1 saturated heterocycles. The summed E-state index contributed by atoms with van der Waals surface area (Å²) in [5, 5.41) is 0.759. The molecule has 2 aromatic rings. The second kappa shape index (κ2) is 7.31. The molecule has 1 aliphatic heterocycles. The quantitative estimate of drug-likeness (QED) is 0.845. The molecule has 1 aliphatic rings. The van der Waals surface area contributed by atoms with E-state index in [1.54, 1.807) is 6.20 Å². The third kappa shape index (κ3) is 3.71. The standard InChI is InChI=1S/C18H22N4O2S/c1-12(2)17(23)21-8-10-22(11-9-21)18(24)15-13(3)20-16(25-15)14-6-4-5-7-19-14/h4-7,12H,8-11H2,1-3H3. The number of nitrogens with zero attached hydrogens (tertiary/aromatic N) is 4. The van der Waals surface area contributed by atoms with Crippen molar-refractivity contribution in [2.45, 2.75) is 20.8 Å². The molecule has 0 radical (unpaired) electrons. The number of piperazine rings is 1. The highest BCUT2D eigenvalue weighted by molar-refractivity contribution is 7.17. The number of pyridine rings is 1. The van der Waals surface area contributed by atoms with Crippen LogP contribution in [0.15, 0.2) is 24.4 Å². The molecule has 0 spiro atoms. The molecule has 132 valence electrons. The molecule has 0 saturated carbocycles. The van der Waals surface area contributed by atoms with E-state index in [0.29, 0.717) is 31.1 Å². The SMILES string of the molecule is Cc1nc(-c2ccccn2)sc1C(=O)N1CCN(C(=O)C(C)C)CC1. The third-order valence-electron chi connectivity index (χ3n) is 4.25. The lowest BCUT2D eigenvalue weighted by molar-refractivity contribution is -0.135. The second-order valence-electron chi connectivity index (χ2n) is 6.42. The molecule has 0 aliphatic carbocycles. The van der Waals surface area contributed by atoms with E-state index in [2.05, 4.69) is 9.97 Å². The maximum Gasteiger partial charge on any atom is 0.265 e. The Morgan fingerprint density at radius 2 is 1.80 bits per heavy atom. The van der Waals surface area contributed by atoms with Gasteiger partial charge in [-0.15, -0.1) is 11.3 Å².